The Labute approximate surface area is 152 Å². The van der Waals surface area contributed by atoms with Gasteiger partial charge in [-0.1, -0.05) is 0 Å². The van der Waals surface area contributed by atoms with Gasteiger partial charge in [-0.3, -0.25) is 4.98 Å². The van der Waals surface area contributed by atoms with Crippen LogP contribution in [-0.4, -0.2) is 47.2 Å². The molecule has 1 N–H and O–H groups in total. The van der Waals surface area contributed by atoms with E-state index in [2.05, 4.69) is 25.8 Å². The average molecular weight is 351 g/mol. The predicted octanol–water partition coefficient (Wildman–Crippen LogP) is 2.38. The van der Waals surface area contributed by atoms with E-state index in [9.17, 15) is 15.2 Å². The van der Waals surface area contributed by atoms with Gasteiger partial charge in [-0.15, -0.1) is 0 Å². The van der Waals surface area contributed by atoms with Crippen molar-refractivity contribution in [1.82, 2.24) is 9.97 Å². The number of carboxylic acids is 1. The first kappa shape index (κ1) is 17.7. The third-order valence-corrected chi connectivity index (χ3v) is 4.67. The summed E-state index contributed by atoms with van der Waals surface area (Å²) >= 11 is 0. The van der Waals surface area contributed by atoms with Crippen molar-refractivity contribution in [2.24, 2.45) is 0 Å². The molecule has 0 radical (unpaired) electrons. The van der Waals surface area contributed by atoms with Crippen LogP contribution in [0.15, 0.2) is 24.5 Å². The zero-order valence-corrected chi connectivity index (χ0v) is 14.9. The van der Waals surface area contributed by atoms with Crippen LogP contribution in [-0.2, 0) is 0 Å². The Bertz CT molecular complexity index is 875. The molecule has 0 saturated carbocycles. The molecular formula is C19H21N5O2. The standard InChI is InChI=1S/C19H21N5O2/c1-13-12-21-5-4-17(13)23-6-3-7-24(9-8-23)18-15(11-20)10-16(19(25)26)14(2)22-18/h4-5,10,12H,3,6-9H2,1-2H3,(H,25,26). The third kappa shape index (κ3) is 3.45. The number of aromatic nitrogens is 2. The number of aryl methyl sites for hydroxylation is 2. The van der Waals surface area contributed by atoms with E-state index in [1.165, 1.54) is 11.8 Å². The molecule has 1 saturated heterocycles. The van der Waals surface area contributed by atoms with E-state index in [0.29, 0.717) is 17.1 Å². The SMILES string of the molecule is Cc1cnccc1N1CCCN(c2nc(C)c(C(=O)O)cc2C#N)CC1. The van der Waals surface area contributed by atoms with Crippen molar-refractivity contribution >= 4 is 17.5 Å². The minimum atomic E-state index is -1.06. The number of pyridine rings is 2. The Balaban J connectivity index is 1.86. The Morgan fingerprint density at radius 1 is 1.23 bits per heavy atom. The van der Waals surface area contributed by atoms with Gasteiger partial charge >= 0.3 is 5.97 Å². The lowest BCUT2D eigenvalue weighted by Crippen LogP contribution is -2.32. The van der Waals surface area contributed by atoms with Crippen molar-refractivity contribution < 1.29 is 9.90 Å². The summed E-state index contributed by atoms with van der Waals surface area (Å²) in [5.74, 6) is -0.489. The van der Waals surface area contributed by atoms with Gasteiger partial charge < -0.3 is 14.9 Å². The van der Waals surface area contributed by atoms with E-state index in [0.717, 1.165) is 38.2 Å². The van der Waals surface area contributed by atoms with Gasteiger partial charge in [0.25, 0.3) is 0 Å². The number of rotatable bonds is 3. The van der Waals surface area contributed by atoms with Gasteiger partial charge in [-0.05, 0) is 38.0 Å². The Kier molecular flexibility index (Phi) is 5.03. The van der Waals surface area contributed by atoms with Gasteiger partial charge in [0.05, 0.1) is 16.8 Å². The van der Waals surface area contributed by atoms with Crippen LogP contribution in [0.4, 0.5) is 11.5 Å². The maximum Gasteiger partial charge on any atom is 0.337 e. The summed E-state index contributed by atoms with van der Waals surface area (Å²) in [5.41, 5.74) is 3.12. The zero-order valence-electron chi connectivity index (χ0n) is 14.9. The smallest absolute Gasteiger partial charge is 0.337 e. The van der Waals surface area contributed by atoms with Crippen LogP contribution in [0.25, 0.3) is 0 Å². The van der Waals surface area contributed by atoms with Crippen molar-refractivity contribution in [3.8, 4) is 6.07 Å². The van der Waals surface area contributed by atoms with Crippen LogP contribution < -0.4 is 9.80 Å². The quantitative estimate of drug-likeness (QED) is 0.907. The van der Waals surface area contributed by atoms with Gasteiger partial charge in [0.2, 0.25) is 0 Å². The molecule has 1 fully saturated rings. The number of anilines is 2. The maximum absolute atomic E-state index is 11.3. The van der Waals surface area contributed by atoms with Crippen molar-refractivity contribution in [1.29, 1.82) is 5.26 Å². The van der Waals surface area contributed by atoms with Crippen LogP contribution >= 0.6 is 0 Å². The lowest BCUT2D eigenvalue weighted by atomic mass is 10.1. The molecule has 134 valence electrons. The summed E-state index contributed by atoms with van der Waals surface area (Å²) in [4.78, 5) is 24.3. The van der Waals surface area contributed by atoms with Crippen LogP contribution in [0, 0.1) is 25.2 Å². The fraction of sp³-hybridized carbons (Fsp3) is 0.368. The van der Waals surface area contributed by atoms with E-state index in [1.807, 2.05) is 19.2 Å². The summed E-state index contributed by atoms with van der Waals surface area (Å²) in [7, 11) is 0. The largest absolute Gasteiger partial charge is 0.478 e. The summed E-state index contributed by atoms with van der Waals surface area (Å²) in [5, 5.41) is 18.7. The van der Waals surface area contributed by atoms with E-state index >= 15 is 0 Å². The molecule has 0 aliphatic carbocycles. The molecule has 1 aliphatic rings. The number of hydrogen-bond donors (Lipinski definition) is 1. The predicted molar refractivity (Wildman–Crippen MR) is 98.7 cm³/mol. The molecule has 0 unspecified atom stereocenters. The number of carbonyl (C=O) groups is 1. The summed E-state index contributed by atoms with van der Waals surface area (Å²) in [6.07, 6.45) is 4.59. The topological polar surface area (TPSA) is 93.3 Å². The molecule has 7 heteroatoms. The summed E-state index contributed by atoms with van der Waals surface area (Å²) in [6.45, 7) is 6.92. The average Bonchev–Trinajstić information content (AvgIpc) is 2.87. The first-order chi connectivity index (χ1) is 12.5. The minimum Gasteiger partial charge on any atom is -0.478 e. The lowest BCUT2D eigenvalue weighted by Gasteiger charge is -2.26. The number of carboxylic acid groups (broad SMARTS) is 1. The third-order valence-electron chi connectivity index (χ3n) is 4.67. The number of aromatic carboxylic acids is 1. The first-order valence-electron chi connectivity index (χ1n) is 8.57. The van der Waals surface area contributed by atoms with Gasteiger partial charge in [0, 0.05) is 44.3 Å². The second kappa shape index (κ2) is 7.40. The van der Waals surface area contributed by atoms with Crippen LogP contribution in [0.2, 0.25) is 0 Å². The number of nitrogens with zero attached hydrogens (tertiary/aromatic N) is 5. The first-order valence-corrected chi connectivity index (χ1v) is 8.57. The molecule has 2 aromatic rings. The second-order valence-electron chi connectivity index (χ2n) is 6.40. The van der Waals surface area contributed by atoms with Gasteiger partial charge in [-0.2, -0.15) is 5.26 Å². The van der Waals surface area contributed by atoms with E-state index in [-0.39, 0.29) is 5.56 Å². The molecule has 1 aliphatic heterocycles. The van der Waals surface area contributed by atoms with Gasteiger partial charge in [-0.25, -0.2) is 9.78 Å². The fourth-order valence-corrected chi connectivity index (χ4v) is 3.32. The highest BCUT2D eigenvalue weighted by Gasteiger charge is 2.22. The fourth-order valence-electron chi connectivity index (χ4n) is 3.32. The lowest BCUT2D eigenvalue weighted by molar-refractivity contribution is 0.0695. The minimum absolute atomic E-state index is 0.0779. The van der Waals surface area contributed by atoms with E-state index < -0.39 is 5.97 Å². The highest BCUT2D eigenvalue weighted by Crippen LogP contribution is 2.25. The van der Waals surface area contributed by atoms with Crippen LogP contribution in [0.3, 0.4) is 0 Å². The normalized spacial score (nSPS) is 14.7. The molecule has 0 spiro atoms. The zero-order chi connectivity index (χ0) is 18.7. The molecule has 3 rings (SSSR count). The highest BCUT2D eigenvalue weighted by atomic mass is 16.4. The number of hydrogen-bond acceptors (Lipinski definition) is 6. The van der Waals surface area contributed by atoms with Gasteiger partial charge in [0.15, 0.2) is 0 Å². The Morgan fingerprint density at radius 2 is 1.96 bits per heavy atom. The van der Waals surface area contributed by atoms with Crippen molar-refractivity contribution in [3.63, 3.8) is 0 Å². The molecule has 7 nitrogen and oxygen atoms in total. The molecular weight excluding hydrogens is 330 g/mol. The second-order valence-corrected chi connectivity index (χ2v) is 6.40. The van der Waals surface area contributed by atoms with E-state index in [1.54, 1.807) is 13.1 Å². The van der Waals surface area contributed by atoms with Crippen molar-refractivity contribution in [3.05, 3.63) is 46.9 Å². The van der Waals surface area contributed by atoms with Gasteiger partial charge in [0.1, 0.15) is 11.9 Å². The summed E-state index contributed by atoms with van der Waals surface area (Å²) < 4.78 is 0. The highest BCUT2D eigenvalue weighted by molar-refractivity contribution is 5.89. The molecule has 2 aromatic heterocycles. The number of nitriles is 1. The monoisotopic (exact) mass is 351 g/mol. The maximum atomic E-state index is 11.3. The molecule has 26 heavy (non-hydrogen) atoms. The van der Waals surface area contributed by atoms with Crippen molar-refractivity contribution in [2.75, 3.05) is 36.0 Å². The molecule has 0 atom stereocenters. The van der Waals surface area contributed by atoms with Crippen molar-refractivity contribution in [2.45, 2.75) is 20.3 Å². The molecule has 0 amide bonds. The molecule has 0 aromatic carbocycles. The van der Waals surface area contributed by atoms with E-state index in [4.69, 9.17) is 0 Å². The summed E-state index contributed by atoms with van der Waals surface area (Å²) in [6, 6.07) is 5.55. The molecule has 3 heterocycles. The Hall–Kier alpha value is -3.14. The Morgan fingerprint density at radius 3 is 2.65 bits per heavy atom. The van der Waals surface area contributed by atoms with Crippen LogP contribution in [0.5, 0.6) is 0 Å². The van der Waals surface area contributed by atoms with Crippen LogP contribution in [0.1, 0.15) is 33.6 Å². The molecule has 0 bridgehead atoms.